The van der Waals surface area contributed by atoms with E-state index in [4.69, 9.17) is 18.9 Å². The molecule has 0 aromatic heterocycles. The molecular weight excluding hydrogens is 438 g/mol. The smallest absolute Gasteiger partial charge is 0.170 e. The molecule has 4 aliphatic carbocycles. The van der Waals surface area contributed by atoms with Crippen LogP contribution in [0.25, 0.3) is 0 Å². The van der Waals surface area contributed by atoms with Gasteiger partial charge in [0.2, 0.25) is 0 Å². The first-order valence-corrected chi connectivity index (χ1v) is 14.1. The third-order valence-electron chi connectivity index (χ3n) is 11.0. The maximum atomic E-state index is 7.13. The number of hydrogen-bond donors (Lipinski definition) is 0. The van der Waals surface area contributed by atoms with E-state index in [0.29, 0.717) is 11.5 Å². The van der Waals surface area contributed by atoms with Gasteiger partial charge < -0.3 is 23.8 Å². The van der Waals surface area contributed by atoms with Gasteiger partial charge in [0, 0.05) is 24.3 Å². The first-order chi connectivity index (χ1) is 16.8. The zero-order valence-electron chi connectivity index (χ0n) is 22.5. The topological polar surface area (TPSA) is 40.2 Å². The predicted molar refractivity (Wildman–Crippen MR) is 137 cm³/mol. The molecule has 0 radical (unpaired) electrons. The first-order valence-electron chi connectivity index (χ1n) is 14.1. The number of ether oxygens (including phenoxy) is 4. The van der Waals surface area contributed by atoms with E-state index in [1.807, 2.05) is 0 Å². The van der Waals surface area contributed by atoms with E-state index in [9.17, 15) is 0 Å². The molecule has 8 unspecified atom stereocenters. The second-order valence-corrected chi connectivity index (χ2v) is 12.9. The highest BCUT2D eigenvalue weighted by molar-refractivity contribution is 5.46. The molecule has 0 amide bonds. The van der Waals surface area contributed by atoms with Crippen LogP contribution in [0.4, 0.5) is 0 Å². The highest BCUT2D eigenvalue weighted by Crippen LogP contribution is 2.59. The highest BCUT2D eigenvalue weighted by atomic mass is 16.7. The highest BCUT2D eigenvalue weighted by Gasteiger charge is 2.60. The van der Waals surface area contributed by atoms with Gasteiger partial charge in [-0.05, 0) is 99.4 Å². The van der Waals surface area contributed by atoms with Crippen LogP contribution >= 0.6 is 0 Å². The van der Waals surface area contributed by atoms with Gasteiger partial charge in [0.15, 0.2) is 17.3 Å². The average Bonchev–Trinajstić information content (AvgIpc) is 3.34. The van der Waals surface area contributed by atoms with Gasteiger partial charge in [-0.15, -0.1) is 0 Å². The van der Waals surface area contributed by atoms with Gasteiger partial charge in [-0.3, -0.25) is 0 Å². The number of likely N-dealkylation sites (N-methyl/N-ethyl adjacent to an activating group) is 1. The van der Waals surface area contributed by atoms with Crippen LogP contribution in [0.15, 0.2) is 18.2 Å². The van der Waals surface area contributed by atoms with Gasteiger partial charge in [0.05, 0.1) is 26.9 Å². The Morgan fingerprint density at radius 1 is 0.971 bits per heavy atom. The van der Waals surface area contributed by atoms with Crippen LogP contribution in [0.5, 0.6) is 11.5 Å². The Morgan fingerprint density at radius 2 is 1.80 bits per heavy atom. The van der Waals surface area contributed by atoms with Gasteiger partial charge in [0.25, 0.3) is 0 Å². The Kier molecular flexibility index (Phi) is 5.93. The first kappa shape index (κ1) is 24.1. The van der Waals surface area contributed by atoms with Crippen LogP contribution in [-0.4, -0.2) is 57.3 Å². The summed E-state index contributed by atoms with van der Waals surface area (Å²) in [7, 11) is 5.72. The molecule has 2 aliphatic heterocycles. The summed E-state index contributed by atoms with van der Waals surface area (Å²) in [5.74, 6) is 3.75. The molecule has 8 atom stereocenters. The summed E-state index contributed by atoms with van der Waals surface area (Å²) in [6.07, 6.45) is 11.2. The van der Waals surface area contributed by atoms with E-state index in [-0.39, 0.29) is 11.5 Å². The third-order valence-corrected chi connectivity index (χ3v) is 11.0. The third kappa shape index (κ3) is 3.75. The van der Waals surface area contributed by atoms with Crippen molar-refractivity contribution >= 4 is 0 Å². The summed E-state index contributed by atoms with van der Waals surface area (Å²) in [4.78, 5) is 2.55. The van der Waals surface area contributed by atoms with Crippen LogP contribution in [0.3, 0.4) is 0 Å². The molecule has 35 heavy (non-hydrogen) atoms. The lowest BCUT2D eigenvalue weighted by molar-refractivity contribution is -0.216. The number of hydrogen-bond acceptors (Lipinski definition) is 5. The molecule has 0 N–H and O–H groups in total. The fraction of sp³-hybridized carbons (Fsp3) is 0.800. The summed E-state index contributed by atoms with van der Waals surface area (Å²) >= 11 is 0. The summed E-state index contributed by atoms with van der Waals surface area (Å²) in [6, 6.07) is 6.96. The van der Waals surface area contributed by atoms with E-state index < -0.39 is 5.79 Å². The Balaban J connectivity index is 1.25. The van der Waals surface area contributed by atoms with Gasteiger partial charge in [-0.25, -0.2) is 0 Å². The molecule has 4 saturated carbocycles. The zero-order chi connectivity index (χ0) is 24.4. The van der Waals surface area contributed by atoms with E-state index in [2.05, 4.69) is 44.0 Å². The summed E-state index contributed by atoms with van der Waals surface area (Å²) in [5.41, 5.74) is 1.80. The molecule has 2 bridgehead atoms. The Bertz CT molecular complexity index is 948. The van der Waals surface area contributed by atoms with Crippen LogP contribution in [0, 0.1) is 23.2 Å². The maximum absolute atomic E-state index is 7.13. The normalized spacial score (nSPS) is 45.5. The molecule has 2 heterocycles. The lowest BCUT2D eigenvalue weighted by Crippen LogP contribution is -2.53. The largest absolute Gasteiger partial charge is 0.493 e. The summed E-state index contributed by atoms with van der Waals surface area (Å²) in [5, 5.41) is 0. The van der Waals surface area contributed by atoms with Gasteiger partial charge >= 0.3 is 0 Å². The van der Waals surface area contributed by atoms with Gasteiger partial charge in [-0.2, -0.15) is 0 Å². The summed E-state index contributed by atoms with van der Waals surface area (Å²) < 4.78 is 25.1. The van der Waals surface area contributed by atoms with Crippen molar-refractivity contribution in [2.75, 3.05) is 34.4 Å². The fourth-order valence-electron chi connectivity index (χ4n) is 9.22. The van der Waals surface area contributed by atoms with Crippen LogP contribution in [-0.2, 0) is 14.9 Å². The molecular formula is C30H45NO4. The molecule has 6 aliphatic rings. The van der Waals surface area contributed by atoms with Crippen molar-refractivity contribution < 1.29 is 18.9 Å². The average molecular weight is 484 g/mol. The van der Waals surface area contributed by atoms with Crippen LogP contribution in [0.1, 0.15) is 77.2 Å². The van der Waals surface area contributed by atoms with Crippen molar-refractivity contribution in [2.45, 2.75) is 95.0 Å². The number of benzene rings is 1. The molecule has 7 rings (SSSR count). The van der Waals surface area contributed by atoms with Gasteiger partial charge in [-0.1, -0.05) is 19.9 Å². The van der Waals surface area contributed by atoms with Crippen LogP contribution < -0.4 is 9.47 Å². The van der Waals surface area contributed by atoms with E-state index >= 15 is 0 Å². The number of rotatable bonds is 4. The molecule has 6 fully saturated rings. The standard InChI is InChI=1S/C30H45NO4/c1-20-14-22-8-9-28(16-20,17-21(22)2)27-19-34-30(35-27)11-10-29(12-13-31(3)26(29)18-30)23-6-7-24(32-4)25(15-23)33-5/h6-7,15,20-22,26-27H,8-14,16-19H2,1-5H3. The maximum Gasteiger partial charge on any atom is 0.170 e. The number of likely N-dealkylation sites (tertiary alicyclic amines) is 1. The number of methoxy groups -OCH3 is 2. The van der Waals surface area contributed by atoms with E-state index in [1.54, 1.807) is 14.2 Å². The predicted octanol–water partition coefficient (Wildman–Crippen LogP) is 5.79. The SMILES string of the molecule is COc1ccc(C23CCN(C)C2CC2(CC3)OCC(C34CCC(CC(C)C3)C(C)C4)O2)cc1OC. The Hall–Kier alpha value is -1.30. The molecule has 5 heteroatoms. The molecule has 5 nitrogen and oxygen atoms in total. The molecule has 1 aromatic rings. The van der Waals surface area contributed by atoms with Gasteiger partial charge in [0.1, 0.15) is 0 Å². The lowest BCUT2D eigenvalue weighted by Gasteiger charge is -2.49. The molecule has 1 aromatic carbocycles. The minimum Gasteiger partial charge on any atom is -0.493 e. The Morgan fingerprint density at radius 3 is 2.57 bits per heavy atom. The number of nitrogens with zero attached hydrogens (tertiary/aromatic N) is 1. The summed E-state index contributed by atoms with van der Waals surface area (Å²) in [6.45, 7) is 6.86. The monoisotopic (exact) mass is 483 g/mol. The number of fused-ring (bicyclic) bond motifs is 5. The molecule has 1 spiro atoms. The quantitative estimate of drug-likeness (QED) is 0.542. The fourth-order valence-corrected chi connectivity index (χ4v) is 9.22. The van der Waals surface area contributed by atoms with Crippen molar-refractivity contribution in [1.29, 1.82) is 0 Å². The lowest BCUT2D eigenvalue weighted by atomic mass is 9.63. The van der Waals surface area contributed by atoms with Crippen LogP contribution in [0.2, 0.25) is 0 Å². The van der Waals surface area contributed by atoms with Crippen molar-refractivity contribution in [2.24, 2.45) is 23.2 Å². The molecule has 194 valence electrons. The molecule has 2 saturated heterocycles. The van der Waals surface area contributed by atoms with Crippen molar-refractivity contribution in [3.05, 3.63) is 23.8 Å². The van der Waals surface area contributed by atoms with E-state index in [0.717, 1.165) is 61.7 Å². The Labute approximate surface area is 211 Å². The van der Waals surface area contributed by atoms with E-state index in [1.165, 1.54) is 44.1 Å². The van der Waals surface area contributed by atoms with Crippen molar-refractivity contribution in [3.63, 3.8) is 0 Å². The minimum absolute atomic E-state index is 0.117. The second kappa shape index (κ2) is 8.63. The minimum atomic E-state index is -0.418. The zero-order valence-corrected chi connectivity index (χ0v) is 22.5. The van der Waals surface area contributed by atoms with Crippen molar-refractivity contribution in [1.82, 2.24) is 4.90 Å². The van der Waals surface area contributed by atoms with Crippen molar-refractivity contribution in [3.8, 4) is 11.5 Å². The second-order valence-electron chi connectivity index (χ2n) is 12.9.